The number of carbonyl (C=O) groups is 1. The Morgan fingerprint density at radius 2 is 1.92 bits per heavy atom. The molecule has 0 heterocycles. The standard InChI is InChI=1S/C17H22Cl2N4O.HI/c1-2-20-17(23-13-5-3-4-6-13)22-10-9-21-16(24)12-7-8-14(18)15(19)11-12;/h3-4,7-8,11,13H,2,5-6,9-10H2,1H3,(H,21,24)(H2,20,22,23);1H. The van der Waals surface area contributed by atoms with Crippen molar-refractivity contribution >= 4 is 59.0 Å². The highest BCUT2D eigenvalue weighted by Gasteiger charge is 2.11. The van der Waals surface area contributed by atoms with E-state index in [0.29, 0.717) is 34.7 Å². The first kappa shape index (κ1) is 22.1. The third-order valence-corrected chi connectivity index (χ3v) is 4.28. The molecule has 0 atom stereocenters. The van der Waals surface area contributed by atoms with E-state index in [0.717, 1.165) is 25.3 Å². The second-order valence-electron chi connectivity index (χ2n) is 5.43. The summed E-state index contributed by atoms with van der Waals surface area (Å²) in [6, 6.07) is 5.21. The molecule has 8 heteroatoms. The van der Waals surface area contributed by atoms with Crippen LogP contribution in [0.5, 0.6) is 0 Å². The van der Waals surface area contributed by atoms with Crippen LogP contribution in [0.3, 0.4) is 0 Å². The molecule has 0 fully saturated rings. The summed E-state index contributed by atoms with van der Waals surface area (Å²) in [6.45, 7) is 3.75. The van der Waals surface area contributed by atoms with E-state index in [4.69, 9.17) is 23.2 Å². The molecule has 0 radical (unpaired) electrons. The summed E-state index contributed by atoms with van der Waals surface area (Å²) in [7, 11) is 0. The largest absolute Gasteiger partial charge is 0.357 e. The zero-order valence-electron chi connectivity index (χ0n) is 14.0. The molecule has 0 saturated carbocycles. The van der Waals surface area contributed by atoms with Gasteiger partial charge in [-0.3, -0.25) is 9.79 Å². The van der Waals surface area contributed by atoms with Gasteiger partial charge in [-0.2, -0.15) is 0 Å². The SMILES string of the molecule is CCNC(=NCCNC(=O)c1ccc(Cl)c(Cl)c1)NC1CC=CC1.I. The summed E-state index contributed by atoms with van der Waals surface area (Å²) < 4.78 is 0. The van der Waals surface area contributed by atoms with Gasteiger partial charge in [-0.1, -0.05) is 35.4 Å². The number of nitrogens with zero attached hydrogens (tertiary/aromatic N) is 1. The number of carbonyl (C=O) groups excluding carboxylic acids is 1. The van der Waals surface area contributed by atoms with Gasteiger partial charge in [0, 0.05) is 24.7 Å². The van der Waals surface area contributed by atoms with E-state index in [1.165, 1.54) is 0 Å². The molecule has 1 aromatic rings. The lowest BCUT2D eigenvalue weighted by Gasteiger charge is -2.16. The van der Waals surface area contributed by atoms with E-state index >= 15 is 0 Å². The fourth-order valence-corrected chi connectivity index (χ4v) is 2.62. The van der Waals surface area contributed by atoms with Crippen molar-refractivity contribution in [3.63, 3.8) is 0 Å². The monoisotopic (exact) mass is 496 g/mol. The molecule has 2 rings (SSSR count). The van der Waals surface area contributed by atoms with Crippen LogP contribution in [-0.4, -0.2) is 37.5 Å². The normalized spacial score (nSPS) is 14.1. The minimum atomic E-state index is -0.193. The maximum absolute atomic E-state index is 12.1. The van der Waals surface area contributed by atoms with Gasteiger partial charge in [0.05, 0.1) is 16.6 Å². The van der Waals surface area contributed by atoms with Gasteiger partial charge in [0.15, 0.2) is 5.96 Å². The van der Waals surface area contributed by atoms with Crippen LogP contribution in [0.25, 0.3) is 0 Å². The summed E-state index contributed by atoms with van der Waals surface area (Å²) in [4.78, 5) is 16.5. The molecule has 0 saturated heterocycles. The molecule has 0 bridgehead atoms. The fraction of sp³-hybridized carbons (Fsp3) is 0.412. The average molecular weight is 497 g/mol. The molecule has 25 heavy (non-hydrogen) atoms. The van der Waals surface area contributed by atoms with Crippen LogP contribution in [0.2, 0.25) is 10.0 Å². The molecule has 1 aromatic carbocycles. The molecule has 0 aliphatic heterocycles. The molecule has 1 aliphatic rings. The lowest BCUT2D eigenvalue weighted by Crippen LogP contribution is -2.43. The van der Waals surface area contributed by atoms with Gasteiger partial charge in [-0.05, 0) is 38.0 Å². The Hall–Kier alpha value is -0.990. The van der Waals surface area contributed by atoms with Crippen molar-refractivity contribution < 1.29 is 4.79 Å². The predicted molar refractivity (Wildman–Crippen MR) is 115 cm³/mol. The van der Waals surface area contributed by atoms with Crippen molar-refractivity contribution in [2.45, 2.75) is 25.8 Å². The van der Waals surface area contributed by atoms with Crippen LogP contribution >= 0.6 is 47.2 Å². The third-order valence-electron chi connectivity index (χ3n) is 3.54. The van der Waals surface area contributed by atoms with E-state index in [1.54, 1.807) is 18.2 Å². The second kappa shape index (κ2) is 11.6. The van der Waals surface area contributed by atoms with Gasteiger partial charge in [0.2, 0.25) is 0 Å². The van der Waals surface area contributed by atoms with Crippen molar-refractivity contribution in [3.05, 3.63) is 46.0 Å². The van der Waals surface area contributed by atoms with Gasteiger partial charge in [-0.15, -0.1) is 24.0 Å². The maximum Gasteiger partial charge on any atom is 0.251 e. The number of amides is 1. The zero-order chi connectivity index (χ0) is 17.4. The molecular formula is C17H23Cl2IN4O. The van der Waals surface area contributed by atoms with Crippen LogP contribution in [0.15, 0.2) is 35.3 Å². The number of halogens is 3. The van der Waals surface area contributed by atoms with E-state index in [-0.39, 0.29) is 29.9 Å². The molecule has 138 valence electrons. The quantitative estimate of drug-likeness (QED) is 0.185. The lowest BCUT2D eigenvalue weighted by atomic mass is 10.2. The smallest absolute Gasteiger partial charge is 0.251 e. The summed E-state index contributed by atoms with van der Waals surface area (Å²) in [5.74, 6) is 0.580. The van der Waals surface area contributed by atoms with Crippen LogP contribution in [-0.2, 0) is 0 Å². The Labute approximate surface area is 175 Å². The van der Waals surface area contributed by atoms with Gasteiger partial charge in [-0.25, -0.2) is 0 Å². The third kappa shape index (κ3) is 7.42. The first-order valence-electron chi connectivity index (χ1n) is 8.03. The Morgan fingerprint density at radius 3 is 2.56 bits per heavy atom. The van der Waals surface area contributed by atoms with Crippen LogP contribution in [0, 0.1) is 0 Å². The summed E-state index contributed by atoms with van der Waals surface area (Å²) in [6.07, 6.45) is 6.36. The molecular weight excluding hydrogens is 474 g/mol. The fourth-order valence-electron chi connectivity index (χ4n) is 2.32. The first-order chi connectivity index (χ1) is 11.6. The second-order valence-corrected chi connectivity index (χ2v) is 6.24. The molecule has 3 N–H and O–H groups in total. The van der Waals surface area contributed by atoms with E-state index in [2.05, 4.69) is 33.1 Å². The molecule has 0 unspecified atom stereocenters. The lowest BCUT2D eigenvalue weighted by molar-refractivity contribution is 0.0955. The van der Waals surface area contributed by atoms with Gasteiger partial charge in [0.25, 0.3) is 5.91 Å². The van der Waals surface area contributed by atoms with Crippen molar-refractivity contribution in [2.24, 2.45) is 4.99 Å². The van der Waals surface area contributed by atoms with E-state index < -0.39 is 0 Å². The number of hydrogen-bond donors (Lipinski definition) is 3. The van der Waals surface area contributed by atoms with Gasteiger partial charge < -0.3 is 16.0 Å². The molecule has 1 aliphatic carbocycles. The zero-order valence-corrected chi connectivity index (χ0v) is 17.9. The van der Waals surface area contributed by atoms with Gasteiger partial charge >= 0.3 is 0 Å². The Kier molecular flexibility index (Phi) is 10.2. The topological polar surface area (TPSA) is 65.5 Å². The van der Waals surface area contributed by atoms with Crippen molar-refractivity contribution in [1.29, 1.82) is 0 Å². The molecule has 0 spiro atoms. The van der Waals surface area contributed by atoms with Crippen molar-refractivity contribution in [2.75, 3.05) is 19.6 Å². The molecule has 5 nitrogen and oxygen atoms in total. The highest BCUT2D eigenvalue weighted by atomic mass is 127. The number of benzene rings is 1. The number of aliphatic imine (C=N–C) groups is 1. The Bertz CT molecular complexity index is 629. The van der Waals surface area contributed by atoms with Crippen LogP contribution in [0.1, 0.15) is 30.1 Å². The number of nitrogens with one attached hydrogen (secondary N) is 3. The van der Waals surface area contributed by atoms with Crippen LogP contribution in [0.4, 0.5) is 0 Å². The van der Waals surface area contributed by atoms with E-state index in [1.807, 2.05) is 6.92 Å². The highest BCUT2D eigenvalue weighted by molar-refractivity contribution is 14.0. The maximum atomic E-state index is 12.1. The average Bonchev–Trinajstić information content (AvgIpc) is 3.07. The van der Waals surface area contributed by atoms with Crippen LogP contribution < -0.4 is 16.0 Å². The Morgan fingerprint density at radius 1 is 1.20 bits per heavy atom. The van der Waals surface area contributed by atoms with Gasteiger partial charge in [0.1, 0.15) is 0 Å². The number of guanidine groups is 1. The summed E-state index contributed by atoms with van der Waals surface area (Å²) in [5.41, 5.74) is 0.482. The summed E-state index contributed by atoms with van der Waals surface area (Å²) >= 11 is 11.8. The molecule has 1 amide bonds. The number of rotatable bonds is 6. The predicted octanol–water partition coefficient (Wildman–Crippen LogP) is 3.61. The number of hydrogen-bond acceptors (Lipinski definition) is 2. The van der Waals surface area contributed by atoms with Crippen molar-refractivity contribution in [3.8, 4) is 0 Å². The molecule has 0 aromatic heterocycles. The summed E-state index contributed by atoms with van der Waals surface area (Å²) in [5, 5.41) is 10.2. The Balaban J connectivity index is 0.00000312. The minimum absolute atomic E-state index is 0. The first-order valence-corrected chi connectivity index (χ1v) is 8.79. The highest BCUT2D eigenvalue weighted by Crippen LogP contribution is 2.22. The minimum Gasteiger partial charge on any atom is -0.357 e. The van der Waals surface area contributed by atoms with Crippen molar-refractivity contribution in [1.82, 2.24) is 16.0 Å². The van der Waals surface area contributed by atoms with E-state index in [9.17, 15) is 4.79 Å².